The second-order valence-corrected chi connectivity index (χ2v) is 7.38. The van der Waals surface area contributed by atoms with Crippen LogP contribution < -0.4 is 10.4 Å². The Balaban J connectivity index is 2.69. The maximum absolute atomic E-state index is 13.0. The lowest BCUT2D eigenvalue weighted by molar-refractivity contribution is 0.0637. The average molecular weight is 422 g/mol. The molecular formula is C11H9Cl3F2N4O3S. The van der Waals surface area contributed by atoms with Crippen LogP contribution in [-0.2, 0) is 15.9 Å². The van der Waals surface area contributed by atoms with Gasteiger partial charge in [0.25, 0.3) is 0 Å². The van der Waals surface area contributed by atoms with Gasteiger partial charge in [-0.25, -0.2) is 17.8 Å². The number of hydrogen-bond acceptors (Lipinski definition) is 4. The lowest BCUT2D eigenvalue weighted by atomic mass is 10.3. The molecule has 0 aliphatic carbocycles. The highest BCUT2D eigenvalue weighted by Gasteiger charge is 2.22. The number of benzene rings is 1. The van der Waals surface area contributed by atoms with Crippen molar-refractivity contribution in [3.8, 4) is 5.69 Å². The zero-order valence-electron chi connectivity index (χ0n) is 11.8. The van der Waals surface area contributed by atoms with Gasteiger partial charge in [-0.05, 0) is 12.1 Å². The molecule has 0 spiro atoms. The van der Waals surface area contributed by atoms with E-state index in [4.69, 9.17) is 34.8 Å². The quantitative estimate of drug-likeness (QED) is 0.752. The molecule has 0 fully saturated rings. The van der Waals surface area contributed by atoms with E-state index in [1.54, 1.807) is 0 Å². The number of aromatic nitrogens is 3. The molecule has 2 aromatic rings. The van der Waals surface area contributed by atoms with Gasteiger partial charge >= 0.3 is 12.2 Å². The lowest BCUT2D eigenvalue weighted by Crippen LogP contribution is -2.25. The first-order chi connectivity index (χ1) is 11.0. The molecule has 0 aliphatic heterocycles. The van der Waals surface area contributed by atoms with Crippen LogP contribution in [0.5, 0.6) is 0 Å². The average Bonchev–Trinajstić information content (AvgIpc) is 2.77. The smallest absolute Gasteiger partial charge is 0.282 e. The largest absolute Gasteiger partial charge is 0.355 e. The highest BCUT2D eigenvalue weighted by molar-refractivity contribution is 7.92. The first kappa shape index (κ1) is 19.0. The van der Waals surface area contributed by atoms with Crippen molar-refractivity contribution in [1.29, 1.82) is 0 Å². The molecule has 0 unspecified atom stereocenters. The lowest BCUT2D eigenvalue weighted by Gasteiger charge is -2.10. The van der Waals surface area contributed by atoms with E-state index >= 15 is 0 Å². The molecule has 0 amide bonds. The summed E-state index contributed by atoms with van der Waals surface area (Å²) in [5, 5.41) is 3.55. The molecule has 0 saturated carbocycles. The molecule has 0 aliphatic rings. The molecule has 1 aromatic heterocycles. The Labute approximate surface area is 149 Å². The summed E-state index contributed by atoms with van der Waals surface area (Å²) < 4.78 is 51.4. The number of nitrogens with one attached hydrogen (secondary N) is 1. The van der Waals surface area contributed by atoms with Crippen LogP contribution in [0.1, 0.15) is 12.4 Å². The van der Waals surface area contributed by atoms with Gasteiger partial charge in [0.05, 0.1) is 33.6 Å². The first-order valence-corrected chi connectivity index (χ1v) is 9.25. The number of nitrogens with zero attached hydrogens (tertiary/aromatic N) is 3. The molecule has 0 atom stereocenters. The van der Waals surface area contributed by atoms with E-state index in [9.17, 15) is 22.0 Å². The van der Waals surface area contributed by atoms with Crippen molar-refractivity contribution in [1.82, 2.24) is 14.3 Å². The predicted molar refractivity (Wildman–Crippen MR) is 87.1 cm³/mol. The molecule has 0 radical (unpaired) electrons. The molecule has 2 rings (SSSR count). The third-order valence-corrected chi connectivity index (χ3v) is 4.20. The van der Waals surface area contributed by atoms with Crippen LogP contribution in [0, 0.1) is 0 Å². The van der Waals surface area contributed by atoms with Gasteiger partial charge in [-0.1, -0.05) is 23.2 Å². The van der Waals surface area contributed by atoms with Gasteiger partial charge in [0.1, 0.15) is 0 Å². The van der Waals surface area contributed by atoms with Crippen molar-refractivity contribution in [2.45, 2.75) is 12.4 Å². The number of hydrogen-bond donors (Lipinski definition) is 1. The maximum Gasteiger partial charge on any atom is 0.355 e. The van der Waals surface area contributed by atoms with Gasteiger partial charge < -0.3 is 0 Å². The second kappa shape index (κ2) is 6.87. The third kappa shape index (κ3) is 3.82. The zero-order chi connectivity index (χ0) is 18.2. The number of halogens is 5. The second-order valence-electron chi connectivity index (χ2n) is 4.55. The van der Waals surface area contributed by atoms with Crippen LogP contribution in [0.3, 0.4) is 0 Å². The van der Waals surface area contributed by atoms with E-state index in [0.717, 1.165) is 18.4 Å². The SMILES string of the molecule is CS(=O)(=O)Nc1cc(-n2nc(CCl)n(C(F)F)c2=O)c(Cl)cc1Cl. The minimum absolute atomic E-state index is 0.0481. The van der Waals surface area contributed by atoms with E-state index in [1.807, 2.05) is 0 Å². The fourth-order valence-corrected chi connectivity index (χ4v) is 3.16. The number of sulfonamides is 1. The van der Waals surface area contributed by atoms with E-state index < -0.39 is 28.1 Å². The van der Waals surface area contributed by atoms with Gasteiger partial charge in [-0.3, -0.25) is 4.72 Å². The maximum atomic E-state index is 13.0. The summed E-state index contributed by atoms with van der Waals surface area (Å²) in [7, 11) is -3.67. The van der Waals surface area contributed by atoms with Crippen molar-refractivity contribution >= 4 is 50.5 Å². The summed E-state index contributed by atoms with van der Waals surface area (Å²) >= 11 is 17.4. The predicted octanol–water partition coefficient (Wildman–Crippen LogP) is 2.85. The molecule has 1 heterocycles. The van der Waals surface area contributed by atoms with E-state index in [-0.39, 0.29) is 31.8 Å². The minimum atomic E-state index is -3.67. The summed E-state index contributed by atoms with van der Waals surface area (Å²) in [5.41, 5.74) is -1.41. The third-order valence-electron chi connectivity index (χ3n) is 2.76. The Bertz CT molecular complexity index is 943. The van der Waals surface area contributed by atoms with Crippen LogP contribution in [0.2, 0.25) is 10.0 Å². The number of anilines is 1. The molecule has 0 bridgehead atoms. The molecule has 1 aromatic carbocycles. The Hall–Kier alpha value is -1.36. The highest BCUT2D eigenvalue weighted by atomic mass is 35.5. The first-order valence-electron chi connectivity index (χ1n) is 6.07. The molecule has 7 nitrogen and oxygen atoms in total. The molecule has 13 heteroatoms. The molecule has 0 saturated heterocycles. The van der Waals surface area contributed by atoms with Gasteiger partial charge in [-0.2, -0.15) is 13.5 Å². The van der Waals surface area contributed by atoms with E-state index in [2.05, 4.69) is 9.82 Å². The van der Waals surface area contributed by atoms with Crippen molar-refractivity contribution < 1.29 is 17.2 Å². The summed E-state index contributed by atoms with van der Waals surface area (Å²) in [6.07, 6.45) is 0.890. The molecule has 24 heavy (non-hydrogen) atoms. The van der Waals surface area contributed by atoms with Gasteiger partial charge in [0.2, 0.25) is 10.0 Å². The number of alkyl halides is 3. The van der Waals surface area contributed by atoms with Crippen molar-refractivity contribution in [2.75, 3.05) is 11.0 Å². The Morgan fingerprint density at radius 3 is 2.38 bits per heavy atom. The summed E-state index contributed by atoms with van der Waals surface area (Å²) in [6.45, 7) is -3.15. The van der Waals surface area contributed by atoms with Gasteiger partial charge in [0, 0.05) is 0 Å². The Kier molecular flexibility index (Phi) is 5.43. The standard InChI is InChI=1S/C11H9Cl3F2N4O3S/c1-24(22,23)18-7-3-8(6(14)2-5(7)13)20-11(21)19(10(15)16)9(4-12)17-20/h2-3,10,18H,4H2,1H3. The molecule has 132 valence electrons. The van der Waals surface area contributed by atoms with Crippen LogP contribution in [0.4, 0.5) is 14.5 Å². The van der Waals surface area contributed by atoms with Crippen LogP contribution >= 0.6 is 34.8 Å². The van der Waals surface area contributed by atoms with Gasteiger partial charge in [-0.15, -0.1) is 16.7 Å². The molecule has 1 N–H and O–H groups in total. The van der Waals surface area contributed by atoms with Gasteiger partial charge in [0.15, 0.2) is 5.82 Å². The zero-order valence-corrected chi connectivity index (χ0v) is 14.9. The highest BCUT2D eigenvalue weighted by Crippen LogP contribution is 2.31. The Morgan fingerprint density at radius 2 is 1.92 bits per heavy atom. The van der Waals surface area contributed by atoms with Crippen LogP contribution in [0.25, 0.3) is 5.69 Å². The summed E-state index contributed by atoms with van der Waals surface area (Å²) in [5.74, 6) is -0.813. The Morgan fingerprint density at radius 1 is 1.29 bits per heavy atom. The van der Waals surface area contributed by atoms with Crippen LogP contribution in [0.15, 0.2) is 16.9 Å². The fraction of sp³-hybridized carbons (Fsp3) is 0.273. The topological polar surface area (TPSA) is 86.0 Å². The summed E-state index contributed by atoms with van der Waals surface area (Å²) in [6, 6.07) is 2.26. The fourth-order valence-electron chi connectivity index (χ4n) is 1.84. The van der Waals surface area contributed by atoms with E-state index in [0.29, 0.717) is 4.68 Å². The van der Waals surface area contributed by atoms with Crippen molar-refractivity contribution in [2.24, 2.45) is 0 Å². The van der Waals surface area contributed by atoms with E-state index in [1.165, 1.54) is 0 Å². The van der Waals surface area contributed by atoms with Crippen molar-refractivity contribution in [3.63, 3.8) is 0 Å². The summed E-state index contributed by atoms with van der Waals surface area (Å²) in [4.78, 5) is 12.1. The van der Waals surface area contributed by atoms with Crippen LogP contribution in [-0.4, -0.2) is 29.0 Å². The monoisotopic (exact) mass is 420 g/mol. The van der Waals surface area contributed by atoms with Crippen molar-refractivity contribution in [3.05, 3.63) is 38.5 Å². The minimum Gasteiger partial charge on any atom is -0.282 e. The normalized spacial score (nSPS) is 12.0. The number of rotatable bonds is 5. The molecular weight excluding hydrogens is 413 g/mol.